The molecule has 0 bridgehead atoms. The summed E-state index contributed by atoms with van der Waals surface area (Å²) in [6, 6.07) is 20.6. The topological polar surface area (TPSA) is 94.2 Å². The SMILES string of the molecule is CCOc1ccc(NC(=O)c2ccccc2Oc2ccccc2)cc1S(=O)(=O)N1CCOCC1. The lowest BCUT2D eigenvalue weighted by Crippen LogP contribution is -2.40. The lowest BCUT2D eigenvalue weighted by Gasteiger charge is -2.27. The molecule has 1 heterocycles. The van der Waals surface area contributed by atoms with Crippen LogP contribution < -0.4 is 14.8 Å². The van der Waals surface area contributed by atoms with E-state index in [1.54, 1.807) is 55.5 Å². The summed E-state index contributed by atoms with van der Waals surface area (Å²) in [6.07, 6.45) is 0. The maximum atomic E-state index is 13.3. The Morgan fingerprint density at radius 2 is 1.68 bits per heavy atom. The van der Waals surface area contributed by atoms with E-state index in [0.29, 0.717) is 42.6 Å². The third kappa shape index (κ3) is 5.39. The molecule has 1 fully saturated rings. The van der Waals surface area contributed by atoms with Gasteiger partial charge < -0.3 is 19.5 Å². The van der Waals surface area contributed by atoms with Crippen LogP contribution in [0.1, 0.15) is 17.3 Å². The molecule has 1 saturated heterocycles. The molecule has 0 saturated carbocycles. The second kappa shape index (κ2) is 10.7. The number of nitrogens with one attached hydrogen (secondary N) is 1. The first-order valence-electron chi connectivity index (χ1n) is 11.0. The Kier molecular flexibility index (Phi) is 7.46. The molecule has 0 aromatic heterocycles. The summed E-state index contributed by atoms with van der Waals surface area (Å²) >= 11 is 0. The predicted octanol–water partition coefficient (Wildman–Crippen LogP) is 4.15. The van der Waals surface area contributed by atoms with Crippen molar-refractivity contribution in [1.29, 1.82) is 0 Å². The first-order valence-corrected chi connectivity index (χ1v) is 12.4. The van der Waals surface area contributed by atoms with Crippen LogP contribution in [0, 0.1) is 0 Å². The van der Waals surface area contributed by atoms with Gasteiger partial charge in [0, 0.05) is 18.8 Å². The van der Waals surface area contributed by atoms with Gasteiger partial charge in [-0.25, -0.2) is 8.42 Å². The molecule has 1 N–H and O–H groups in total. The summed E-state index contributed by atoms with van der Waals surface area (Å²) in [5.74, 6) is 0.797. The van der Waals surface area contributed by atoms with Crippen molar-refractivity contribution < 1.29 is 27.4 Å². The Morgan fingerprint density at radius 3 is 2.41 bits per heavy atom. The number of rotatable bonds is 8. The van der Waals surface area contributed by atoms with E-state index < -0.39 is 15.9 Å². The molecule has 0 aliphatic carbocycles. The Morgan fingerprint density at radius 1 is 0.971 bits per heavy atom. The molecule has 3 aromatic carbocycles. The first kappa shape index (κ1) is 23.7. The van der Waals surface area contributed by atoms with E-state index in [4.69, 9.17) is 14.2 Å². The van der Waals surface area contributed by atoms with Gasteiger partial charge in [-0.15, -0.1) is 0 Å². The number of carbonyl (C=O) groups excluding carboxylic acids is 1. The summed E-state index contributed by atoms with van der Waals surface area (Å²) in [5, 5.41) is 2.79. The van der Waals surface area contributed by atoms with Crippen LogP contribution in [0.3, 0.4) is 0 Å². The molecular formula is C25H26N2O6S. The van der Waals surface area contributed by atoms with Gasteiger partial charge in [0.2, 0.25) is 10.0 Å². The number of anilines is 1. The molecule has 1 amide bonds. The maximum absolute atomic E-state index is 13.3. The Balaban J connectivity index is 1.61. The van der Waals surface area contributed by atoms with E-state index in [2.05, 4.69) is 5.32 Å². The fraction of sp³-hybridized carbons (Fsp3) is 0.240. The standard InChI is InChI=1S/C25H26N2O6S/c1-2-32-23-13-12-19(18-24(23)34(29,30)27-14-16-31-17-15-27)26-25(28)21-10-6-7-11-22(21)33-20-8-4-3-5-9-20/h3-13,18H,2,14-17H2,1H3,(H,26,28). The lowest BCUT2D eigenvalue weighted by atomic mass is 10.1. The molecular weight excluding hydrogens is 456 g/mol. The third-order valence-corrected chi connectivity index (χ3v) is 7.11. The quantitative estimate of drug-likeness (QED) is 0.518. The zero-order valence-corrected chi connectivity index (χ0v) is 19.6. The number of amides is 1. The molecule has 8 nitrogen and oxygen atoms in total. The number of para-hydroxylation sites is 2. The van der Waals surface area contributed by atoms with E-state index in [0.717, 1.165) is 0 Å². The molecule has 0 unspecified atom stereocenters. The molecule has 4 rings (SSSR count). The highest BCUT2D eigenvalue weighted by atomic mass is 32.2. The maximum Gasteiger partial charge on any atom is 0.259 e. The number of ether oxygens (including phenoxy) is 3. The van der Waals surface area contributed by atoms with Crippen LogP contribution in [0.2, 0.25) is 0 Å². The Hall–Kier alpha value is -3.40. The van der Waals surface area contributed by atoms with E-state index in [1.165, 1.54) is 10.4 Å². The minimum Gasteiger partial charge on any atom is -0.492 e. The number of benzene rings is 3. The number of carbonyl (C=O) groups is 1. The predicted molar refractivity (Wildman–Crippen MR) is 128 cm³/mol. The van der Waals surface area contributed by atoms with Crippen molar-refractivity contribution in [3.63, 3.8) is 0 Å². The van der Waals surface area contributed by atoms with Gasteiger partial charge in [0.1, 0.15) is 22.1 Å². The van der Waals surface area contributed by atoms with E-state index in [1.807, 2.05) is 18.2 Å². The van der Waals surface area contributed by atoms with Crippen LogP contribution in [0.15, 0.2) is 77.7 Å². The molecule has 34 heavy (non-hydrogen) atoms. The van der Waals surface area contributed by atoms with Crippen LogP contribution in [-0.2, 0) is 14.8 Å². The summed E-state index contributed by atoms with van der Waals surface area (Å²) in [6.45, 7) is 3.27. The van der Waals surface area contributed by atoms with Crippen LogP contribution in [0.4, 0.5) is 5.69 Å². The normalized spacial score (nSPS) is 14.4. The van der Waals surface area contributed by atoms with Crippen LogP contribution in [-0.4, -0.2) is 51.5 Å². The smallest absolute Gasteiger partial charge is 0.259 e. The van der Waals surface area contributed by atoms with Crippen molar-refractivity contribution in [2.45, 2.75) is 11.8 Å². The van der Waals surface area contributed by atoms with Crippen molar-refractivity contribution in [3.8, 4) is 17.2 Å². The van der Waals surface area contributed by atoms with E-state index in [9.17, 15) is 13.2 Å². The molecule has 0 radical (unpaired) electrons. The van der Waals surface area contributed by atoms with Gasteiger partial charge in [0.15, 0.2) is 0 Å². The highest BCUT2D eigenvalue weighted by molar-refractivity contribution is 7.89. The van der Waals surface area contributed by atoms with Gasteiger partial charge in [-0.05, 0) is 49.4 Å². The van der Waals surface area contributed by atoms with Crippen LogP contribution >= 0.6 is 0 Å². The minimum absolute atomic E-state index is 0.00266. The van der Waals surface area contributed by atoms with E-state index in [-0.39, 0.29) is 23.7 Å². The third-order valence-electron chi connectivity index (χ3n) is 5.19. The second-order valence-electron chi connectivity index (χ2n) is 7.48. The highest BCUT2D eigenvalue weighted by Crippen LogP contribution is 2.31. The molecule has 1 aliphatic rings. The van der Waals surface area contributed by atoms with Crippen molar-refractivity contribution in [3.05, 3.63) is 78.4 Å². The number of hydrogen-bond acceptors (Lipinski definition) is 6. The Labute approximate surface area is 199 Å². The monoisotopic (exact) mass is 482 g/mol. The van der Waals surface area contributed by atoms with Crippen molar-refractivity contribution in [1.82, 2.24) is 4.31 Å². The summed E-state index contributed by atoms with van der Waals surface area (Å²) in [4.78, 5) is 13.1. The number of sulfonamides is 1. The van der Waals surface area contributed by atoms with Gasteiger partial charge in [0.25, 0.3) is 5.91 Å². The largest absolute Gasteiger partial charge is 0.492 e. The zero-order chi connectivity index (χ0) is 24.0. The summed E-state index contributed by atoms with van der Waals surface area (Å²) in [7, 11) is -3.83. The summed E-state index contributed by atoms with van der Waals surface area (Å²) < 4.78 is 44.7. The highest BCUT2D eigenvalue weighted by Gasteiger charge is 2.30. The van der Waals surface area contributed by atoms with Crippen molar-refractivity contribution >= 4 is 21.6 Å². The fourth-order valence-electron chi connectivity index (χ4n) is 3.55. The molecule has 9 heteroatoms. The first-order chi connectivity index (χ1) is 16.5. The Bertz CT molecular complexity index is 1240. The van der Waals surface area contributed by atoms with Gasteiger partial charge >= 0.3 is 0 Å². The zero-order valence-electron chi connectivity index (χ0n) is 18.8. The van der Waals surface area contributed by atoms with Gasteiger partial charge in [-0.1, -0.05) is 30.3 Å². The average molecular weight is 483 g/mol. The molecule has 1 aliphatic heterocycles. The lowest BCUT2D eigenvalue weighted by molar-refractivity contribution is 0.0729. The number of nitrogens with zero attached hydrogens (tertiary/aromatic N) is 1. The van der Waals surface area contributed by atoms with Crippen molar-refractivity contribution in [2.24, 2.45) is 0 Å². The van der Waals surface area contributed by atoms with Crippen LogP contribution in [0.5, 0.6) is 17.2 Å². The average Bonchev–Trinajstić information content (AvgIpc) is 2.86. The molecule has 0 spiro atoms. The van der Waals surface area contributed by atoms with E-state index >= 15 is 0 Å². The molecule has 178 valence electrons. The van der Waals surface area contributed by atoms with Gasteiger partial charge in [0.05, 0.1) is 25.4 Å². The van der Waals surface area contributed by atoms with Crippen LogP contribution in [0.25, 0.3) is 0 Å². The minimum atomic E-state index is -3.83. The van der Waals surface area contributed by atoms with Gasteiger partial charge in [-0.2, -0.15) is 4.31 Å². The fourth-order valence-corrected chi connectivity index (χ4v) is 5.11. The second-order valence-corrected chi connectivity index (χ2v) is 9.38. The summed E-state index contributed by atoms with van der Waals surface area (Å²) in [5.41, 5.74) is 0.646. The number of hydrogen-bond donors (Lipinski definition) is 1. The number of morpholine rings is 1. The van der Waals surface area contributed by atoms with Crippen molar-refractivity contribution in [2.75, 3.05) is 38.2 Å². The van der Waals surface area contributed by atoms with Gasteiger partial charge in [-0.3, -0.25) is 4.79 Å². The molecule has 0 atom stereocenters. The molecule has 3 aromatic rings.